The first-order valence-electron chi connectivity index (χ1n) is 7.38. The second kappa shape index (κ2) is 6.43. The zero-order chi connectivity index (χ0) is 15.5. The predicted molar refractivity (Wildman–Crippen MR) is 85.5 cm³/mol. The summed E-state index contributed by atoms with van der Waals surface area (Å²) in [6, 6.07) is 3.75. The van der Waals surface area contributed by atoms with E-state index in [-0.39, 0.29) is 0 Å². The van der Waals surface area contributed by atoms with Crippen LogP contribution in [0.4, 0.5) is 5.13 Å². The number of anilines is 1. The molecule has 0 amide bonds. The molecule has 1 saturated heterocycles. The van der Waals surface area contributed by atoms with E-state index in [9.17, 15) is 0 Å². The van der Waals surface area contributed by atoms with Crippen LogP contribution in [-0.2, 0) is 11.2 Å². The van der Waals surface area contributed by atoms with Gasteiger partial charge in [-0.05, 0) is 12.1 Å². The van der Waals surface area contributed by atoms with Gasteiger partial charge in [-0.15, -0.1) is 11.3 Å². The molecule has 0 saturated carbocycles. The molecule has 3 aromatic heterocycles. The predicted octanol–water partition coefficient (Wildman–Crippen LogP) is 2.02. The van der Waals surface area contributed by atoms with E-state index in [0.717, 1.165) is 42.7 Å². The lowest BCUT2D eigenvalue weighted by atomic mass is 10.3. The monoisotopic (exact) mass is 329 g/mol. The largest absolute Gasteiger partial charge is 0.378 e. The van der Waals surface area contributed by atoms with E-state index in [4.69, 9.17) is 9.26 Å². The molecule has 0 bridgehead atoms. The Morgan fingerprint density at radius 3 is 2.96 bits per heavy atom. The van der Waals surface area contributed by atoms with Crippen LogP contribution in [0.1, 0.15) is 11.6 Å². The van der Waals surface area contributed by atoms with Crippen molar-refractivity contribution in [1.29, 1.82) is 0 Å². The molecular formula is C15H15N5O2S. The van der Waals surface area contributed by atoms with Gasteiger partial charge in [0.2, 0.25) is 11.7 Å². The summed E-state index contributed by atoms with van der Waals surface area (Å²) in [6.07, 6.45) is 3.97. The summed E-state index contributed by atoms with van der Waals surface area (Å²) in [7, 11) is 0. The average Bonchev–Trinajstić information content (AvgIpc) is 3.27. The SMILES string of the molecule is c1cncc(-c2noc(Cc3csc(N4CCOCC4)n3)n2)c1. The number of nitrogens with zero attached hydrogens (tertiary/aromatic N) is 5. The van der Waals surface area contributed by atoms with Crippen molar-refractivity contribution in [3.8, 4) is 11.4 Å². The molecule has 1 fully saturated rings. The molecule has 7 nitrogen and oxygen atoms in total. The molecule has 1 aliphatic heterocycles. The standard InChI is InChI=1S/C15H15N5O2S/c1-2-11(9-16-3-1)14-18-13(22-19-14)8-12-10-23-15(17-12)20-4-6-21-7-5-20/h1-3,9-10H,4-8H2. The number of pyridine rings is 1. The van der Waals surface area contributed by atoms with Gasteiger partial charge >= 0.3 is 0 Å². The molecule has 0 aromatic carbocycles. The fourth-order valence-electron chi connectivity index (χ4n) is 2.37. The summed E-state index contributed by atoms with van der Waals surface area (Å²) in [5.41, 5.74) is 1.78. The third-order valence-corrected chi connectivity index (χ3v) is 4.49. The van der Waals surface area contributed by atoms with Crippen LogP contribution >= 0.6 is 11.3 Å². The maximum absolute atomic E-state index is 5.37. The van der Waals surface area contributed by atoms with Crippen molar-refractivity contribution in [3.63, 3.8) is 0 Å². The topological polar surface area (TPSA) is 77.2 Å². The molecule has 3 aromatic rings. The Bertz CT molecular complexity index is 767. The molecule has 4 rings (SSSR count). The third kappa shape index (κ3) is 3.22. The molecule has 0 spiro atoms. The minimum atomic E-state index is 0.536. The fourth-order valence-corrected chi connectivity index (χ4v) is 3.25. The lowest BCUT2D eigenvalue weighted by molar-refractivity contribution is 0.122. The van der Waals surface area contributed by atoms with Crippen molar-refractivity contribution in [1.82, 2.24) is 20.1 Å². The normalized spacial score (nSPS) is 15.0. The Morgan fingerprint density at radius 2 is 2.13 bits per heavy atom. The summed E-state index contributed by atoms with van der Waals surface area (Å²) in [5, 5.41) is 7.07. The van der Waals surface area contributed by atoms with Gasteiger partial charge in [0.15, 0.2) is 5.13 Å². The Balaban J connectivity index is 1.46. The first kappa shape index (κ1) is 14.3. The molecule has 0 radical (unpaired) electrons. The number of thiazole rings is 1. The van der Waals surface area contributed by atoms with Crippen LogP contribution in [0.5, 0.6) is 0 Å². The molecular weight excluding hydrogens is 314 g/mol. The number of morpholine rings is 1. The second-order valence-corrected chi connectivity index (χ2v) is 5.99. The molecule has 0 aliphatic carbocycles. The van der Waals surface area contributed by atoms with Crippen molar-refractivity contribution >= 4 is 16.5 Å². The summed E-state index contributed by atoms with van der Waals surface area (Å²) >= 11 is 1.64. The smallest absolute Gasteiger partial charge is 0.233 e. The highest BCUT2D eigenvalue weighted by atomic mass is 32.1. The maximum atomic E-state index is 5.37. The zero-order valence-corrected chi connectivity index (χ0v) is 13.2. The van der Waals surface area contributed by atoms with Gasteiger partial charge in [0.05, 0.1) is 25.3 Å². The Morgan fingerprint density at radius 1 is 1.22 bits per heavy atom. The second-order valence-electron chi connectivity index (χ2n) is 5.15. The van der Waals surface area contributed by atoms with Gasteiger partial charge < -0.3 is 14.2 Å². The van der Waals surface area contributed by atoms with Crippen molar-refractivity contribution in [2.45, 2.75) is 6.42 Å². The quantitative estimate of drug-likeness (QED) is 0.724. The van der Waals surface area contributed by atoms with Crippen LogP contribution < -0.4 is 4.90 Å². The van der Waals surface area contributed by atoms with Gasteiger partial charge in [-0.3, -0.25) is 4.98 Å². The Hall–Kier alpha value is -2.32. The maximum Gasteiger partial charge on any atom is 0.233 e. The Labute approximate surface area is 137 Å². The van der Waals surface area contributed by atoms with Gasteiger partial charge in [0.1, 0.15) is 0 Å². The lowest BCUT2D eigenvalue weighted by Gasteiger charge is -2.25. The minimum Gasteiger partial charge on any atom is -0.378 e. The van der Waals surface area contributed by atoms with Crippen molar-refractivity contribution < 1.29 is 9.26 Å². The minimum absolute atomic E-state index is 0.536. The first-order chi connectivity index (χ1) is 11.4. The number of hydrogen-bond donors (Lipinski definition) is 0. The highest BCUT2D eigenvalue weighted by Gasteiger charge is 2.16. The van der Waals surface area contributed by atoms with Crippen LogP contribution in [0.25, 0.3) is 11.4 Å². The molecule has 23 heavy (non-hydrogen) atoms. The average molecular weight is 329 g/mol. The van der Waals surface area contributed by atoms with E-state index in [0.29, 0.717) is 18.1 Å². The zero-order valence-electron chi connectivity index (χ0n) is 12.4. The van der Waals surface area contributed by atoms with Crippen molar-refractivity contribution in [3.05, 3.63) is 41.5 Å². The van der Waals surface area contributed by atoms with Gasteiger partial charge in [-0.1, -0.05) is 5.16 Å². The first-order valence-corrected chi connectivity index (χ1v) is 8.26. The van der Waals surface area contributed by atoms with E-state index in [1.807, 2.05) is 17.5 Å². The molecule has 0 N–H and O–H groups in total. The summed E-state index contributed by atoms with van der Waals surface area (Å²) < 4.78 is 10.7. The van der Waals surface area contributed by atoms with Crippen molar-refractivity contribution in [2.24, 2.45) is 0 Å². The third-order valence-electron chi connectivity index (χ3n) is 3.54. The highest BCUT2D eigenvalue weighted by molar-refractivity contribution is 7.13. The van der Waals surface area contributed by atoms with Crippen LogP contribution in [0.3, 0.4) is 0 Å². The summed E-state index contributed by atoms with van der Waals surface area (Å²) in [6.45, 7) is 3.29. The van der Waals surface area contributed by atoms with Gasteiger partial charge in [0.25, 0.3) is 0 Å². The Kier molecular flexibility index (Phi) is 3.99. The number of aromatic nitrogens is 4. The van der Waals surface area contributed by atoms with Gasteiger partial charge in [0, 0.05) is 36.4 Å². The van der Waals surface area contributed by atoms with Crippen LogP contribution in [-0.4, -0.2) is 46.4 Å². The number of rotatable bonds is 4. The van der Waals surface area contributed by atoms with Crippen LogP contribution in [0, 0.1) is 0 Å². The van der Waals surface area contributed by atoms with Gasteiger partial charge in [-0.25, -0.2) is 4.98 Å². The van der Waals surface area contributed by atoms with E-state index in [1.165, 1.54) is 0 Å². The van der Waals surface area contributed by atoms with Crippen LogP contribution in [0.2, 0.25) is 0 Å². The molecule has 0 unspecified atom stereocenters. The summed E-state index contributed by atoms with van der Waals surface area (Å²) in [5.74, 6) is 1.11. The number of ether oxygens (including phenoxy) is 1. The highest BCUT2D eigenvalue weighted by Crippen LogP contribution is 2.23. The van der Waals surface area contributed by atoms with E-state index >= 15 is 0 Å². The fraction of sp³-hybridized carbons (Fsp3) is 0.333. The molecule has 8 heteroatoms. The van der Waals surface area contributed by atoms with Gasteiger partial charge in [-0.2, -0.15) is 4.98 Å². The molecule has 1 aliphatic rings. The number of hydrogen-bond acceptors (Lipinski definition) is 8. The summed E-state index contributed by atoms with van der Waals surface area (Å²) in [4.78, 5) is 15.4. The lowest BCUT2D eigenvalue weighted by Crippen LogP contribution is -2.36. The van der Waals surface area contributed by atoms with E-state index < -0.39 is 0 Å². The molecule has 0 atom stereocenters. The van der Waals surface area contributed by atoms with E-state index in [1.54, 1.807) is 23.7 Å². The molecule has 4 heterocycles. The van der Waals surface area contributed by atoms with E-state index in [2.05, 4.69) is 25.0 Å². The van der Waals surface area contributed by atoms with Crippen LogP contribution in [0.15, 0.2) is 34.4 Å². The molecule has 118 valence electrons. The van der Waals surface area contributed by atoms with Crippen molar-refractivity contribution in [2.75, 3.05) is 31.2 Å².